The molecule has 0 aromatic heterocycles. The van der Waals surface area contributed by atoms with E-state index in [1.165, 1.54) is 50.9 Å². The molecule has 1 aromatic carbocycles. The summed E-state index contributed by atoms with van der Waals surface area (Å²) in [5, 5.41) is 0. The van der Waals surface area contributed by atoms with Gasteiger partial charge in [-0.05, 0) is 87.2 Å². The molecule has 0 bridgehead atoms. The van der Waals surface area contributed by atoms with Crippen molar-refractivity contribution in [2.45, 2.75) is 63.1 Å². The lowest BCUT2D eigenvalue weighted by atomic mass is 9.67. The molecule has 1 aromatic rings. The van der Waals surface area contributed by atoms with Gasteiger partial charge in [0, 0.05) is 24.3 Å². The number of carbonyl (C=O) groups is 2. The standard InChI is InChI=1S/C23H28FN3O2/c24-16-5-6-18-15(11-16)12-21(28)27(18)20-8-7-19-17-4-2-10-25-9-1-3-14(22(17)25)13-26(19)23(20)29/h5-6,11,14,17,19-20,22H,1-4,7-10,12-13H2/t14-,17-,19-,20?,22+/m1/s1. The van der Waals surface area contributed by atoms with Crippen LogP contribution >= 0.6 is 0 Å². The number of hydrogen-bond donors (Lipinski definition) is 0. The smallest absolute Gasteiger partial charge is 0.246 e. The Morgan fingerprint density at radius 1 is 1.00 bits per heavy atom. The van der Waals surface area contributed by atoms with E-state index >= 15 is 0 Å². The van der Waals surface area contributed by atoms with Crippen LogP contribution in [0.3, 0.4) is 0 Å². The fraction of sp³-hybridized carbons (Fsp3) is 0.652. The molecule has 5 aliphatic heterocycles. The second-order valence-corrected chi connectivity index (χ2v) is 9.60. The molecule has 29 heavy (non-hydrogen) atoms. The molecule has 2 amide bonds. The number of amides is 2. The van der Waals surface area contributed by atoms with Crippen molar-refractivity contribution in [3.8, 4) is 0 Å². The SMILES string of the molecule is O=C1Cc2cc(F)ccc2N1C1CC[C@@H]2[C@H]3CCCN4CCC[C@H](CN2C1=O)[C@@H]34. The molecular formula is C23H28FN3O2. The highest BCUT2D eigenvalue weighted by atomic mass is 19.1. The zero-order valence-electron chi connectivity index (χ0n) is 16.7. The maximum Gasteiger partial charge on any atom is 0.246 e. The predicted octanol–water partition coefficient (Wildman–Crippen LogP) is 2.58. The molecule has 1 unspecified atom stereocenters. The second kappa shape index (κ2) is 6.53. The molecule has 0 saturated carbocycles. The van der Waals surface area contributed by atoms with Crippen molar-refractivity contribution in [1.29, 1.82) is 0 Å². The van der Waals surface area contributed by atoms with Crippen molar-refractivity contribution < 1.29 is 14.0 Å². The first-order valence-electron chi connectivity index (χ1n) is 11.3. The number of nitrogens with zero attached hydrogens (tertiary/aromatic N) is 3. The second-order valence-electron chi connectivity index (χ2n) is 9.60. The van der Waals surface area contributed by atoms with Crippen LogP contribution in [0.25, 0.3) is 0 Å². The number of hydrogen-bond acceptors (Lipinski definition) is 3. The molecule has 5 nitrogen and oxygen atoms in total. The Balaban J connectivity index is 1.30. The van der Waals surface area contributed by atoms with E-state index in [1.54, 1.807) is 11.0 Å². The minimum absolute atomic E-state index is 0.0706. The van der Waals surface area contributed by atoms with Gasteiger partial charge in [0.05, 0.1) is 6.42 Å². The zero-order valence-corrected chi connectivity index (χ0v) is 16.7. The molecule has 0 aliphatic carbocycles. The average molecular weight is 397 g/mol. The van der Waals surface area contributed by atoms with Gasteiger partial charge in [-0.3, -0.25) is 19.4 Å². The molecule has 4 saturated heterocycles. The molecule has 154 valence electrons. The van der Waals surface area contributed by atoms with E-state index in [4.69, 9.17) is 0 Å². The summed E-state index contributed by atoms with van der Waals surface area (Å²) in [5.74, 6) is 0.883. The summed E-state index contributed by atoms with van der Waals surface area (Å²) in [6, 6.07) is 5.05. The van der Waals surface area contributed by atoms with Crippen LogP contribution in [0.5, 0.6) is 0 Å². The zero-order chi connectivity index (χ0) is 19.7. The molecule has 0 N–H and O–H groups in total. The summed E-state index contributed by atoms with van der Waals surface area (Å²) in [5.41, 5.74) is 1.43. The summed E-state index contributed by atoms with van der Waals surface area (Å²) in [6.45, 7) is 3.28. The lowest BCUT2D eigenvalue weighted by Gasteiger charge is -2.59. The summed E-state index contributed by atoms with van der Waals surface area (Å²) in [4.78, 5) is 32.9. The average Bonchev–Trinajstić information content (AvgIpc) is 3.04. The molecule has 0 spiro atoms. The van der Waals surface area contributed by atoms with Crippen LogP contribution in [0.4, 0.5) is 10.1 Å². The van der Waals surface area contributed by atoms with Gasteiger partial charge < -0.3 is 4.90 Å². The molecule has 0 radical (unpaired) electrons. The van der Waals surface area contributed by atoms with Crippen molar-refractivity contribution in [2.24, 2.45) is 11.8 Å². The summed E-state index contributed by atoms with van der Waals surface area (Å²) < 4.78 is 13.6. The van der Waals surface area contributed by atoms with Crippen molar-refractivity contribution >= 4 is 17.5 Å². The lowest BCUT2D eigenvalue weighted by Crippen LogP contribution is -2.69. The van der Waals surface area contributed by atoms with Crippen LogP contribution in [0.15, 0.2) is 18.2 Å². The van der Waals surface area contributed by atoms with Gasteiger partial charge in [0.15, 0.2) is 0 Å². The van der Waals surface area contributed by atoms with E-state index in [-0.39, 0.29) is 24.1 Å². The van der Waals surface area contributed by atoms with Gasteiger partial charge in [0.1, 0.15) is 11.9 Å². The monoisotopic (exact) mass is 397 g/mol. The molecule has 5 atom stereocenters. The topological polar surface area (TPSA) is 43.9 Å². The number of anilines is 1. The van der Waals surface area contributed by atoms with Crippen molar-refractivity contribution in [2.75, 3.05) is 24.5 Å². The number of fused-ring (bicyclic) bond motifs is 3. The van der Waals surface area contributed by atoms with Crippen molar-refractivity contribution in [3.05, 3.63) is 29.6 Å². The van der Waals surface area contributed by atoms with Gasteiger partial charge in [0.2, 0.25) is 11.8 Å². The summed E-state index contributed by atoms with van der Waals surface area (Å²) in [6.07, 6.45) is 6.79. The highest BCUT2D eigenvalue weighted by Crippen LogP contribution is 2.46. The third-order valence-electron chi connectivity index (χ3n) is 8.20. The van der Waals surface area contributed by atoms with Gasteiger partial charge in [-0.1, -0.05) is 0 Å². The third kappa shape index (κ3) is 2.61. The minimum atomic E-state index is -0.426. The number of benzene rings is 1. The van der Waals surface area contributed by atoms with Crippen LogP contribution in [0.1, 0.15) is 44.1 Å². The van der Waals surface area contributed by atoms with E-state index in [0.717, 1.165) is 25.1 Å². The van der Waals surface area contributed by atoms with Crippen LogP contribution in [-0.2, 0) is 16.0 Å². The van der Waals surface area contributed by atoms with Crippen LogP contribution in [-0.4, -0.2) is 59.4 Å². The van der Waals surface area contributed by atoms with E-state index in [9.17, 15) is 14.0 Å². The van der Waals surface area contributed by atoms with E-state index in [0.29, 0.717) is 29.5 Å². The van der Waals surface area contributed by atoms with E-state index in [2.05, 4.69) is 9.80 Å². The van der Waals surface area contributed by atoms with Gasteiger partial charge in [-0.25, -0.2) is 4.39 Å². The van der Waals surface area contributed by atoms with Crippen LogP contribution in [0, 0.1) is 17.7 Å². The van der Waals surface area contributed by atoms with Gasteiger partial charge in [-0.15, -0.1) is 0 Å². The highest BCUT2D eigenvalue weighted by Gasteiger charge is 2.53. The van der Waals surface area contributed by atoms with Gasteiger partial charge >= 0.3 is 0 Å². The van der Waals surface area contributed by atoms with Crippen molar-refractivity contribution in [1.82, 2.24) is 9.80 Å². The Morgan fingerprint density at radius 3 is 2.69 bits per heavy atom. The Labute approximate surface area is 170 Å². The van der Waals surface area contributed by atoms with Crippen LogP contribution in [0.2, 0.25) is 0 Å². The molecule has 6 rings (SSSR count). The fourth-order valence-electron chi connectivity index (χ4n) is 7.16. The normalized spacial score (nSPS) is 36.7. The number of piperidine rings is 4. The third-order valence-corrected chi connectivity index (χ3v) is 8.20. The number of halogens is 1. The quantitative estimate of drug-likeness (QED) is 0.732. The minimum Gasteiger partial charge on any atom is -0.337 e. The lowest BCUT2D eigenvalue weighted by molar-refractivity contribution is -0.153. The fourth-order valence-corrected chi connectivity index (χ4v) is 7.16. The molecule has 5 aliphatic rings. The Kier molecular flexibility index (Phi) is 4.02. The van der Waals surface area contributed by atoms with Crippen molar-refractivity contribution in [3.63, 3.8) is 0 Å². The maximum atomic E-state index is 13.6. The summed E-state index contributed by atoms with van der Waals surface area (Å²) >= 11 is 0. The Bertz CT molecular complexity index is 872. The van der Waals surface area contributed by atoms with E-state index < -0.39 is 6.04 Å². The predicted molar refractivity (Wildman–Crippen MR) is 107 cm³/mol. The largest absolute Gasteiger partial charge is 0.337 e. The molecule has 5 heterocycles. The van der Waals surface area contributed by atoms with Gasteiger partial charge in [-0.2, -0.15) is 0 Å². The first kappa shape index (κ1) is 17.9. The molecule has 4 fully saturated rings. The Morgan fingerprint density at radius 2 is 1.83 bits per heavy atom. The van der Waals surface area contributed by atoms with Gasteiger partial charge in [0.25, 0.3) is 0 Å². The van der Waals surface area contributed by atoms with E-state index in [1.807, 2.05) is 0 Å². The van der Waals surface area contributed by atoms with Crippen LogP contribution < -0.4 is 4.90 Å². The molecule has 6 heteroatoms. The highest BCUT2D eigenvalue weighted by molar-refractivity contribution is 6.06. The Hall–Kier alpha value is -1.95. The number of carbonyl (C=O) groups excluding carboxylic acids is 2. The maximum absolute atomic E-state index is 13.6. The first-order valence-corrected chi connectivity index (χ1v) is 11.3. The summed E-state index contributed by atoms with van der Waals surface area (Å²) in [7, 11) is 0. The first-order chi connectivity index (χ1) is 14.1. The number of rotatable bonds is 1. The molecular weight excluding hydrogens is 369 g/mol.